The molecule has 0 fully saturated rings. The molecule has 19 heteroatoms. The molecule has 0 aromatic carbocycles. The van der Waals surface area contributed by atoms with Crippen molar-refractivity contribution in [2.75, 3.05) is 39.6 Å². The predicted molar refractivity (Wildman–Crippen MR) is 340 cm³/mol. The Bertz CT molecular complexity index is 1670. The summed E-state index contributed by atoms with van der Waals surface area (Å²) in [5, 5.41) is 10.5. The molecule has 3 N–H and O–H groups in total. The molecule has 85 heavy (non-hydrogen) atoms. The first-order chi connectivity index (χ1) is 40.9. The molecule has 0 spiro atoms. The topological polar surface area (TPSA) is 237 Å². The lowest BCUT2D eigenvalue weighted by molar-refractivity contribution is -0.161. The number of ether oxygens (including phenoxy) is 4. The van der Waals surface area contributed by atoms with E-state index < -0.39 is 97.5 Å². The van der Waals surface area contributed by atoms with Crippen LogP contribution in [0.4, 0.5) is 0 Å². The van der Waals surface area contributed by atoms with Crippen molar-refractivity contribution < 1.29 is 80.2 Å². The molecule has 0 saturated heterocycles. The summed E-state index contributed by atoms with van der Waals surface area (Å²) in [6, 6.07) is 0. The largest absolute Gasteiger partial charge is 0.472 e. The van der Waals surface area contributed by atoms with E-state index in [0.717, 1.165) is 127 Å². The van der Waals surface area contributed by atoms with Crippen molar-refractivity contribution in [3.05, 3.63) is 0 Å². The first-order valence-corrected chi connectivity index (χ1v) is 37.5. The highest BCUT2D eigenvalue weighted by Gasteiger charge is 2.30. The van der Waals surface area contributed by atoms with Crippen molar-refractivity contribution in [3.8, 4) is 0 Å². The summed E-state index contributed by atoms with van der Waals surface area (Å²) in [6.07, 6.45) is 41.9. The molecular weight excluding hydrogens is 1130 g/mol. The van der Waals surface area contributed by atoms with Crippen LogP contribution in [0.5, 0.6) is 0 Å². The first kappa shape index (κ1) is 83.1. The summed E-state index contributed by atoms with van der Waals surface area (Å²) >= 11 is 0. The Morgan fingerprint density at radius 3 is 0.894 bits per heavy atom. The van der Waals surface area contributed by atoms with Gasteiger partial charge in [0.2, 0.25) is 0 Å². The van der Waals surface area contributed by atoms with Crippen LogP contribution in [0.25, 0.3) is 0 Å². The van der Waals surface area contributed by atoms with Gasteiger partial charge < -0.3 is 33.8 Å². The van der Waals surface area contributed by atoms with Crippen LogP contribution < -0.4 is 0 Å². The van der Waals surface area contributed by atoms with Gasteiger partial charge in [-0.25, -0.2) is 9.13 Å². The highest BCUT2D eigenvalue weighted by molar-refractivity contribution is 7.47. The number of phosphoric ester groups is 2. The van der Waals surface area contributed by atoms with Crippen molar-refractivity contribution in [3.63, 3.8) is 0 Å². The number of hydrogen-bond donors (Lipinski definition) is 3. The van der Waals surface area contributed by atoms with E-state index >= 15 is 0 Å². The normalized spacial score (nSPS) is 14.6. The third kappa shape index (κ3) is 59.5. The van der Waals surface area contributed by atoms with Crippen LogP contribution in [-0.4, -0.2) is 96.7 Å². The zero-order chi connectivity index (χ0) is 62.9. The smallest absolute Gasteiger partial charge is 0.462 e. The second-order valence-corrected chi connectivity index (χ2v) is 27.5. The van der Waals surface area contributed by atoms with Crippen LogP contribution in [0.15, 0.2) is 0 Å². The molecule has 6 atom stereocenters. The Morgan fingerprint density at radius 1 is 0.341 bits per heavy atom. The second kappa shape index (κ2) is 58.4. The number of rotatable bonds is 65. The summed E-state index contributed by atoms with van der Waals surface area (Å²) in [7, 11) is -9.88. The Balaban J connectivity index is 5.16. The van der Waals surface area contributed by atoms with Gasteiger partial charge >= 0.3 is 39.5 Å². The monoisotopic (exact) mass is 1250 g/mol. The Kier molecular flexibility index (Phi) is 57.1. The Morgan fingerprint density at radius 2 is 0.600 bits per heavy atom. The molecule has 0 aromatic heterocycles. The van der Waals surface area contributed by atoms with Gasteiger partial charge in [0.15, 0.2) is 12.2 Å². The predicted octanol–water partition coefficient (Wildman–Crippen LogP) is 18.4. The standard InChI is InChI=1S/C66H128O17P2/c1-7-10-12-14-28-36-42-48-63(68)76-54-61(82-65(70)50-44-38-29-15-13-11-8-2)56-80-84(72,73)78-52-60(67)53-79-85(74,75)81-57-62(55-77-64(69)49-43-37-32-26-23-22-24-30-34-40-46-58(4)5)83-66(71)51-45-39-33-27-21-19-17-16-18-20-25-31-35-41-47-59(6)9-3/h58-62,67H,7-57H2,1-6H3,(H,72,73)(H,74,75)/t59?,60-,61+,62+/m0/s1. The minimum Gasteiger partial charge on any atom is -0.462 e. The SMILES string of the molecule is CCCCCCCCCC(=O)OC[C@H](COP(=O)(O)OC[C@H](O)COP(=O)(O)OC[C@@H](COC(=O)CCCCCCCCCCCCC(C)C)OC(=O)CCCCCCCCCCCCCCCCC(C)CC)OC(=O)CCCCCCCCC. The fraction of sp³-hybridized carbons (Fsp3) is 0.939. The molecule has 0 heterocycles. The molecule has 0 amide bonds. The van der Waals surface area contributed by atoms with Crippen molar-refractivity contribution in [1.29, 1.82) is 0 Å². The van der Waals surface area contributed by atoms with E-state index in [2.05, 4.69) is 41.5 Å². The zero-order valence-corrected chi connectivity index (χ0v) is 56.7. The highest BCUT2D eigenvalue weighted by Crippen LogP contribution is 2.45. The maximum Gasteiger partial charge on any atom is 0.472 e. The lowest BCUT2D eigenvalue weighted by Gasteiger charge is -2.21. The molecule has 0 aliphatic carbocycles. The first-order valence-electron chi connectivity index (χ1n) is 34.5. The number of aliphatic hydroxyl groups excluding tert-OH is 1. The van der Waals surface area contributed by atoms with E-state index in [1.54, 1.807) is 0 Å². The molecule has 0 rings (SSSR count). The molecule has 3 unspecified atom stereocenters. The third-order valence-electron chi connectivity index (χ3n) is 15.6. The van der Waals surface area contributed by atoms with Gasteiger partial charge in [0.25, 0.3) is 0 Å². The van der Waals surface area contributed by atoms with Crippen LogP contribution in [0, 0.1) is 11.8 Å². The minimum atomic E-state index is -4.95. The molecule has 0 bridgehead atoms. The van der Waals surface area contributed by atoms with E-state index in [0.29, 0.717) is 25.7 Å². The van der Waals surface area contributed by atoms with Crippen molar-refractivity contribution in [2.24, 2.45) is 11.8 Å². The fourth-order valence-electron chi connectivity index (χ4n) is 9.85. The summed E-state index contributed by atoms with van der Waals surface area (Å²) in [4.78, 5) is 72.1. The van der Waals surface area contributed by atoms with Gasteiger partial charge in [-0.05, 0) is 37.5 Å². The molecule has 17 nitrogen and oxygen atoms in total. The van der Waals surface area contributed by atoms with Gasteiger partial charge in [-0.3, -0.25) is 37.3 Å². The molecule has 0 aliphatic heterocycles. The van der Waals surface area contributed by atoms with Crippen LogP contribution in [0.2, 0.25) is 0 Å². The van der Waals surface area contributed by atoms with Crippen LogP contribution in [0.1, 0.15) is 330 Å². The average Bonchev–Trinajstić information content (AvgIpc) is 3.55. The van der Waals surface area contributed by atoms with Gasteiger partial charge in [0.05, 0.1) is 26.4 Å². The summed E-state index contributed by atoms with van der Waals surface area (Å²) in [5.41, 5.74) is 0. The van der Waals surface area contributed by atoms with Gasteiger partial charge in [-0.2, -0.15) is 0 Å². The second-order valence-electron chi connectivity index (χ2n) is 24.6. The average molecular weight is 1260 g/mol. The summed E-state index contributed by atoms with van der Waals surface area (Å²) < 4.78 is 67.9. The van der Waals surface area contributed by atoms with Crippen molar-refractivity contribution >= 4 is 39.5 Å². The number of phosphoric acid groups is 2. The van der Waals surface area contributed by atoms with Crippen LogP contribution in [0.3, 0.4) is 0 Å². The maximum atomic E-state index is 13.0. The quantitative estimate of drug-likeness (QED) is 0.0222. The lowest BCUT2D eigenvalue weighted by atomic mass is 9.99. The van der Waals surface area contributed by atoms with Crippen LogP contribution >= 0.6 is 15.6 Å². The van der Waals surface area contributed by atoms with E-state index in [1.165, 1.54) is 122 Å². The van der Waals surface area contributed by atoms with Crippen molar-refractivity contribution in [2.45, 2.75) is 349 Å². The molecule has 0 aliphatic rings. The molecular formula is C66H128O17P2. The Labute approximate surface area is 517 Å². The zero-order valence-electron chi connectivity index (χ0n) is 54.9. The number of carbonyl (C=O) groups is 4. The minimum absolute atomic E-state index is 0.103. The maximum absolute atomic E-state index is 13.0. The number of hydrogen-bond acceptors (Lipinski definition) is 15. The fourth-order valence-corrected chi connectivity index (χ4v) is 11.4. The van der Waals surface area contributed by atoms with Gasteiger partial charge in [-0.15, -0.1) is 0 Å². The molecule has 0 aromatic rings. The third-order valence-corrected chi connectivity index (χ3v) is 17.5. The Hall–Kier alpha value is -1.94. The van der Waals surface area contributed by atoms with E-state index in [4.69, 9.17) is 37.0 Å². The molecule has 0 radical (unpaired) electrons. The summed E-state index contributed by atoms with van der Waals surface area (Å²) in [5.74, 6) is -0.535. The number of aliphatic hydroxyl groups is 1. The van der Waals surface area contributed by atoms with E-state index in [9.17, 15) is 43.2 Å². The molecule has 504 valence electrons. The van der Waals surface area contributed by atoms with Gasteiger partial charge in [0, 0.05) is 25.7 Å². The van der Waals surface area contributed by atoms with Crippen molar-refractivity contribution in [1.82, 2.24) is 0 Å². The number of esters is 4. The van der Waals surface area contributed by atoms with Crippen LogP contribution in [-0.2, 0) is 65.4 Å². The van der Waals surface area contributed by atoms with E-state index in [1.807, 2.05) is 0 Å². The van der Waals surface area contributed by atoms with Gasteiger partial charge in [0.1, 0.15) is 19.3 Å². The highest BCUT2D eigenvalue weighted by atomic mass is 31.2. The lowest BCUT2D eigenvalue weighted by Crippen LogP contribution is -2.30. The van der Waals surface area contributed by atoms with E-state index in [-0.39, 0.29) is 25.7 Å². The van der Waals surface area contributed by atoms with Gasteiger partial charge in [-0.1, -0.05) is 279 Å². The molecule has 0 saturated carbocycles. The summed E-state index contributed by atoms with van der Waals surface area (Å²) in [6.45, 7) is 9.48. The number of carbonyl (C=O) groups excluding carboxylic acids is 4. The number of unbranched alkanes of at least 4 members (excludes halogenated alkanes) is 34.